The molecule has 2 aromatic heterocycles. The summed E-state index contributed by atoms with van der Waals surface area (Å²) in [5, 5.41) is 3.39. The molecular formula is C13H12F3N3O2S. The number of aromatic nitrogens is 2. The molecule has 1 saturated heterocycles. The second-order valence-corrected chi connectivity index (χ2v) is 6.39. The van der Waals surface area contributed by atoms with Gasteiger partial charge in [-0.05, 0) is 25.5 Å². The van der Waals surface area contributed by atoms with Crippen LogP contribution in [-0.2, 0) is 6.18 Å². The minimum atomic E-state index is -4.64. The monoisotopic (exact) mass is 331 g/mol. The van der Waals surface area contributed by atoms with Crippen LogP contribution in [0.15, 0.2) is 16.7 Å². The van der Waals surface area contributed by atoms with Crippen molar-refractivity contribution in [3.63, 3.8) is 0 Å². The van der Waals surface area contributed by atoms with Crippen molar-refractivity contribution >= 4 is 17.2 Å². The maximum Gasteiger partial charge on any atom is 0.471 e. The second-order valence-electron chi connectivity index (χ2n) is 5.10. The van der Waals surface area contributed by atoms with Crippen LogP contribution in [0.5, 0.6) is 0 Å². The van der Waals surface area contributed by atoms with Gasteiger partial charge < -0.3 is 9.42 Å². The highest BCUT2D eigenvalue weighted by molar-refractivity contribution is 7.13. The van der Waals surface area contributed by atoms with Crippen molar-refractivity contribution in [2.24, 2.45) is 0 Å². The Morgan fingerprint density at radius 2 is 2.23 bits per heavy atom. The summed E-state index contributed by atoms with van der Waals surface area (Å²) in [6, 6.07) is 3.62. The Morgan fingerprint density at radius 3 is 2.82 bits per heavy atom. The maximum atomic E-state index is 12.5. The summed E-state index contributed by atoms with van der Waals surface area (Å²) >= 11 is 1.40. The highest BCUT2D eigenvalue weighted by Crippen LogP contribution is 2.31. The Bertz CT molecular complexity index is 695. The summed E-state index contributed by atoms with van der Waals surface area (Å²) in [7, 11) is 0. The Hall–Kier alpha value is -1.90. The molecule has 0 N–H and O–H groups in total. The molecule has 3 heterocycles. The molecule has 0 aromatic carbocycles. The van der Waals surface area contributed by atoms with Crippen LogP contribution in [0, 0.1) is 6.92 Å². The van der Waals surface area contributed by atoms with Crippen LogP contribution >= 0.6 is 11.3 Å². The first-order valence-electron chi connectivity index (χ1n) is 6.61. The summed E-state index contributed by atoms with van der Waals surface area (Å²) in [5.74, 6) is -1.78. The van der Waals surface area contributed by atoms with Crippen LogP contribution in [-0.4, -0.2) is 34.0 Å². The van der Waals surface area contributed by atoms with Crippen molar-refractivity contribution < 1.29 is 22.5 Å². The number of hydrogen-bond donors (Lipinski definition) is 0. The first kappa shape index (κ1) is 15.0. The van der Waals surface area contributed by atoms with Crippen molar-refractivity contribution in [1.29, 1.82) is 0 Å². The molecule has 1 fully saturated rings. The fraction of sp³-hybridized carbons (Fsp3) is 0.462. The van der Waals surface area contributed by atoms with Gasteiger partial charge in [0.05, 0.1) is 4.88 Å². The number of amides is 1. The molecule has 1 aliphatic heterocycles. The molecule has 1 aliphatic rings. The number of thiophene rings is 1. The van der Waals surface area contributed by atoms with Crippen molar-refractivity contribution in [1.82, 2.24) is 15.0 Å². The molecule has 22 heavy (non-hydrogen) atoms. The van der Waals surface area contributed by atoms with Crippen molar-refractivity contribution in [2.45, 2.75) is 25.4 Å². The van der Waals surface area contributed by atoms with Gasteiger partial charge in [0.25, 0.3) is 5.91 Å². The lowest BCUT2D eigenvalue weighted by atomic mass is 10.1. The van der Waals surface area contributed by atoms with Crippen LogP contribution in [0.1, 0.15) is 38.6 Å². The van der Waals surface area contributed by atoms with Crippen LogP contribution in [0.2, 0.25) is 0 Å². The van der Waals surface area contributed by atoms with Gasteiger partial charge in [0.2, 0.25) is 0 Å². The summed E-state index contributed by atoms with van der Waals surface area (Å²) < 4.78 is 41.6. The van der Waals surface area contributed by atoms with Gasteiger partial charge in [-0.25, -0.2) is 0 Å². The fourth-order valence-corrected chi connectivity index (χ4v) is 3.21. The predicted octanol–water partition coefficient (Wildman–Crippen LogP) is 3.09. The van der Waals surface area contributed by atoms with Crippen LogP contribution in [0.25, 0.3) is 0 Å². The lowest BCUT2D eigenvalue weighted by Crippen LogP contribution is -2.27. The van der Waals surface area contributed by atoms with Crippen LogP contribution in [0.3, 0.4) is 0 Å². The Kier molecular flexibility index (Phi) is 3.67. The van der Waals surface area contributed by atoms with E-state index in [1.54, 1.807) is 11.0 Å². The zero-order valence-corrected chi connectivity index (χ0v) is 12.4. The van der Waals surface area contributed by atoms with Crippen LogP contribution < -0.4 is 0 Å². The maximum absolute atomic E-state index is 12.5. The zero-order chi connectivity index (χ0) is 15.9. The van der Waals surface area contributed by atoms with Gasteiger partial charge in [-0.2, -0.15) is 18.2 Å². The molecule has 3 rings (SSSR count). The van der Waals surface area contributed by atoms with Crippen LogP contribution in [0.4, 0.5) is 13.2 Å². The number of halogens is 3. The van der Waals surface area contributed by atoms with Gasteiger partial charge in [-0.1, -0.05) is 5.16 Å². The predicted molar refractivity (Wildman–Crippen MR) is 71.6 cm³/mol. The average molecular weight is 331 g/mol. The SMILES string of the molecule is Cc1ccc(C(=O)N2CC[C@@H](c3noc(C(F)(F)F)n3)C2)s1. The summed E-state index contributed by atoms with van der Waals surface area (Å²) in [4.78, 5) is 19.0. The third-order valence-corrected chi connectivity index (χ3v) is 4.46. The number of aryl methyl sites for hydroxylation is 1. The number of carbonyl (C=O) groups is 1. The summed E-state index contributed by atoms with van der Waals surface area (Å²) in [5.41, 5.74) is 0. The summed E-state index contributed by atoms with van der Waals surface area (Å²) in [6.45, 7) is 2.68. The number of rotatable bonds is 2. The van der Waals surface area contributed by atoms with Gasteiger partial charge in [0, 0.05) is 23.9 Å². The lowest BCUT2D eigenvalue weighted by molar-refractivity contribution is -0.159. The van der Waals surface area contributed by atoms with E-state index in [9.17, 15) is 18.0 Å². The largest absolute Gasteiger partial charge is 0.471 e. The van der Waals surface area contributed by atoms with E-state index in [1.807, 2.05) is 13.0 Å². The van der Waals surface area contributed by atoms with Gasteiger partial charge >= 0.3 is 12.1 Å². The van der Waals surface area contributed by atoms with E-state index < -0.39 is 12.1 Å². The normalized spacial score (nSPS) is 18.9. The fourth-order valence-electron chi connectivity index (χ4n) is 2.38. The Morgan fingerprint density at radius 1 is 1.45 bits per heavy atom. The van der Waals surface area contributed by atoms with E-state index in [1.165, 1.54) is 11.3 Å². The van der Waals surface area contributed by atoms with E-state index in [4.69, 9.17) is 0 Å². The van der Waals surface area contributed by atoms with E-state index >= 15 is 0 Å². The van der Waals surface area contributed by atoms with Crippen molar-refractivity contribution in [2.75, 3.05) is 13.1 Å². The molecule has 5 nitrogen and oxygen atoms in total. The third kappa shape index (κ3) is 2.85. The van der Waals surface area contributed by atoms with Gasteiger partial charge in [0.1, 0.15) is 0 Å². The molecule has 0 spiro atoms. The second kappa shape index (κ2) is 5.38. The van der Waals surface area contributed by atoms with Crippen molar-refractivity contribution in [3.8, 4) is 0 Å². The topological polar surface area (TPSA) is 59.2 Å². The first-order valence-corrected chi connectivity index (χ1v) is 7.43. The molecule has 9 heteroatoms. The van der Waals surface area contributed by atoms with E-state index in [2.05, 4.69) is 14.7 Å². The zero-order valence-electron chi connectivity index (χ0n) is 11.6. The smallest absolute Gasteiger partial charge is 0.337 e. The average Bonchev–Trinajstić information content (AvgIpc) is 3.16. The molecule has 1 amide bonds. The molecule has 0 saturated carbocycles. The van der Waals surface area contributed by atoms with Gasteiger partial charge in [0.15, 0.2) is 5.82 Å². The van der Waals surface area contributed by atoms with E-state index in [-0.39, 0.29) is 17.6 Å². The molecule has 1 atom stereocenters. The molecular weight excluding hydrogens is 319 g/mol. The first-order chi connectivity index (χ1) is 10.3. The summed E-state index contributed by atoms with van der Waals surface area (Å²) in [6.07, 6.45) is -4.12. The quantitative estimate of drug-likeness (QED) is 0.848. The molecule has 118 valence electrons. The van der Waals surface area contributed by atoms with E-state index in [0.717, 1.165) is 4.88 Å². The van der Waals surface area contributed by atoms with Gasteiger partial charge in [-0.3, -0.25) is 4.79 Å². The van der Waals surface area contributed by atoms with E-state index in [0.29, 0.717) is 24.4 Å². The van der Waals surface area contributed by atoms with Gasteiger partial charge in [-0.15, -0.1) is 11.3 Å². The minimum Gasteiger partial charge on any atom is -0.337 e. The Balaban J connectivity index is 1.70. The number of likely N-dealkylation sites (tertiary alicyclic amines) is 1. The lowest BCUT2D eigenvalue weighted by Gasteiger charge is -2.14. The number of hydrogen-bond acceptors (Lipinski definition) is 5. The van der Waals surface area contributed by atoms with Crippen molar-refractivity contribution in [3.05, 3.63) is 33.6 Å². The highest BCUT2D eigenvalue weighted by Gasteiger charge is 2.40. The third-order valence-electron chi connectivity index (χ3n) is 3.48. The molecule has 0 bridgehead atoms. The Labute approximate surface area is 127 Å². The molecule has 0 radical (unpaired) electrons. The molecule has 0 aliphatic carbocycles. The standard InChI is InChI=1S/C13H12F3N3O2S/c1-7-2-3-9(22-7)11(20)19-5-4-8(6-19)10-17-12(21-18-10)13(14,15)16/h2-3,8H,4-6H2,1H3/t8-/m1/s1. The molecule has 2 aromatic rings. The number of carbonyl (C=O) groups excluding carboxylic acids is 1. The molecule has 0 unspecified atom stereocenters. The minimum absolute atomic E-state index is 0.00462. The number of nitrogens with zero attached hydrogens (tertiary/aromatic N) is 3. The highest BCUT2D eigenvalue weighted by atomic mass is 32.1. The number of alkyl halides is 3.